The summed E-state index contributed by atoms with van der Waals surface area (Å²) in [4.78, 5) is 17.3. The molecular formula is C20H22N4O2. The van der Waals surface area contributed by atoms with Crippen LogP contribution in [0, 0.1) is 12.8 Å². The van der Waals surface area contributed by atoms with E-state index in [1.54, 1.807) is 12.4 Å². The van der Waals surface area contributed by atoms with Gasteiger partial charge in [0.1, 0.15) is 0 Å². The van der Waals surface area contributed by atoms with Gasteiger partial charge >= 0.3 is 0 Å². The monoisotopic (exact) mass is 350 g/mol. The van der Waals surface area contributed by atoms with E-state index in [4.69, 9.17) is 0 Å². The largest absolute Gasteiger partial charge is 0.391 e. The van der Waals surface area contributed by atoms with Crippen molar-refractivity contribution in [3.8, 4) is 0 Å². The third-order valence-corrected chi connectivity index (χ3v) is 5.14. The molecular weight excluding hydrogens is 328 g/mol. The molecule has 3 aromatic rings. The zero-order valence-electron chi connectivity index (χ0n) is 14.7. The molecule has 0 saturated heterocycles. The summed E-state index contributed by atoms with van der Waals surface area (Å²) >= 11 is 0. The van der Waals surface area contributed by atoms with Crippen molar-refractivity contribution in [3.05, 3.63) is 60.0 Å². The Morgan fingerprint density at radius 2 is 2.15 bits per heavy atom. The van der Waals surface area contributed by atoms with Crippen LogP contribution in [-0.4, -0.2) is 37.9 Å². The number of hydrogen-bond donors (Lipinski definition) is 2. The maximum atomic E-state index is 12.9. The molecule has 0 radical (unpaired) electrons. The molecule has 1 amide bonds. The van der Waals surface area contributed by atoms with Crippen molar-refractivity contribution in [3.63, 3.8) is 0 Å². The number of aromatic nitrogens is 3. The number of aliphatic hydroxyl groups is 1. The van der Waals surface area contributed by atoms with Crippen LogP contribution in [0.2, 0.25) is 0 Å². The van der Waals surface area contributed by atoms with Gasteiger partial charge in [-0.25, -0.2) is 0 Å². The van der Waals surface area contributed by atoms with Crippen LogP contribution in [0.1, 0.15) is 28.8 Å². The Bertz CT molecular complexity index is 923. The molecule has 1 aliphatic carbocycles. The van der Waals surface area contributed by atoms with Crippen molar-refractivity contribution < 1.29 is 9.90 Å². The maximum absolute atomic E-state index is 12.9. The number of rotatable bonds is 4. The Labute approximate surface area is 151 Å². The summed E-state index contributed by atoms with van der Waals surface area (Å²) in [6, 6.07) is 9.28. The van der Waals surface area contributed by atoms with Gasteiger partial charge in [0.2, 0.25) is 0 Å². The lowest BCUT2D eigenvalue weighted by molar-refractivity contribution is 0.0873. The minimum absolute atomic E-state index is 0.148. The quantitative estimate of drug-likeness (QED) is 0.757. The molecule has 134 valence electrons. The number of aryl methyl sites for hydroxylation is 1. The normalized spacial score (nSPS) is 22.6. The Kier molecular flexibility index (Phi) is 4.42. The van der Waals surface area contributed by atoms with E-state index in [9.17, 15) is 9.90 Å². The molecule has 1 saturated carbocycles. The molecule has 3 atom stereocenters. The molecule has 2 N–H and O–H groups in total. The van der Waals surface area contributed by atoms with Crippen molar-refractivity contribution in [2.24, 2.45) is 5.92 Å². The molecule has 4 rings (SSSR count). The molecule has 1 aromatic carbocycles. The van der Waals surface area contributed by atoms with E-state index in [2.05, 4.69) is 15.4 Å². The van der Waals surface area contributed by atoms with E-state index >= 15 is 0 Å². The molecule has 1 fully saturated rings. The van der Waals surface area contributed by atoms with Gasteiger partial charge in [-0.05, 0) is 43.4 Å². The van der Waals surface area contributed by atoms with Gasteiger partial charge in [0.15, 0.2) is 0 Å². The first-order valence-corrected chi connectivity index (χ1v) is 8.92. The second-order valence-electron chi connectivity index (χ2n) is 7.05. The molecule has 6 nitrogen and oxygen atoms in total. The summed E-state index contributed by atoms with van der Waals surface area (Å²) in [6.07, 6.45) is 6.28. The summed E-state index contributed by atoms with van der Waals surface area (Å²) in [5, 5.41) is 18.5. The number of pyridine rings is 1. The van der Waals surface area contributed by atoms with E-state index in [0.29, 0.717) is 17.9 Å². The van der Waals surface area contributed by atoms with Gasteiger partial charge in [0.25, 0.3) is 5.91 Å². The first-order valence-electron chi connectivity index (χ1n) is 8.92. The minimum Gasteiger partial charge on any atom is -0.391 e. The first-order chi connectivity index (χ1) is 12.6. The Morgan fingerprint density at radius 3 is 2.96 bits per heavy atom. The minimum atomic E-state index is -0.534. The summed E-state index contributed by atoms with van der Waals surface area (Å²) in [7, 11) is 0. The lowest BCUT2D eigenvalue weighted by Gasteiger charge is -2.18. The topological polar surface area (TPSA) is 80.0 Å². The zero-order valence-corrected chi connectivity index (χ0v) is 14.7. The number of aliphatic hydroxyl groups excluding tert-OH is 1. The number of carbonyl (C=O) groups is 1. The number of benzene rings is 1. The highest BCUT2D eigenvalue weighted by Crippen LogP contribution is 2.28. The fraction of sp³-hybridized carbons (Fsp3) is 0.350. The van der Waals surface area contributed by atoms with Crippen LogP contribution in [0.4, 0.5) is 0 Å². The van der Waals surface area contributed by atoms with Crippen LogP contribution in [0.3, 0.4) is 0 Å². The number of amides is 1. The van der Waals surface area contributed by atoms with Crippen LogP contribution >= 0.6 is 0 Å². The highest BCUT2D eigenvalue weighted by Gasteiger charge is 2.34. The average Bonchev–Trinajstić information content (AvgIpc) is 3.25. The van der Waals surface area contributed by atoms with Crippen LogP contribution < -0.4 is 5.32 Å². The second-order valence-corrected chi connectivity index (χ2v) is 7.05. The highest BCUT2D eigenvalue weighted by molar-refractivity contribution is 6.07. The standard InChI is InChI=1S/C20H22N4O2/c1-13-11-21-16-6-3-2-5-15(16)19(13)20(26)23-17-9-14(10-18(17)25)12-24-8-4-7-22-24/h2-8,11,14,17-18,25H,9-10,12H2,1H3,(H,23,26)/t14?,17-,18-/m1/s1. The summed E-state index contributed by atoms with van der Waals surface area (Å²) < 4.78 is 1.88. The third kappa shape index (κ3) is 3.20. The van der Waals surface area contributed by atoms with Gasteiger partial charge < -0.3 is 10.4 Å². The van der Waals surface area contributed by atoms with E-state index < -0.39 is 6.10 Å². The second kappa shape index (κ2) is 6.88. The number of carbonyl (C=O) groups excluding carboxylic acids is 1. The van der Waals surface area contributed by atoms with Crippen LogP contribution in [0.15, 0.2) is 48.9 Å². The molecule has 0 bridgehead atoms. The Hall–Kier alpha value is -2.73. The molecule has 0 spiro atoms. The van der Waals surface area contributed by atoms with Crippen LogP contribution in [0.25, 0.3) is 10.9 Å². The van der Waals surface area contributed by atoms with Gasteiger partial charge in [-0.15, -0.1) is 0 Å². The van der Waals surface area contributed by atoms with E-state index in [0.717, 1.165) is 29.4 Å². The van der Waals surface area contributed by atoms with Crippen molar-refractivity contribution in [1.82, 2.24) is 20.1 Å². The predicted octanol–water partition coefficient (Wildman–Crippen LogP) is 2.31. The van der Waals surface area contributed by atoms with Gasteiger partial charge in [0.05, 0.1) is 23.2 Å². The Morgan fingerprint density at radius 1 is 1.31 bits per heavy atom. The molecule has 1 unspecified atom stereocenters. The van der Waals surface area contributed by atoms with Gasteiger partial charge in [-0.2, -0.15) is 5.10 Å². The number of hydrogen-bond acceptors (Lipinski definition) is 4. The van der Waals surface area contributed by atoms with Crippen molar-refractivity contribution in [1.29, 1.82) is 0 Å². The van der Waals surface area contributed by atoms with E-state index in [-0.39, 0.29) is 11.9 Å². The molecule has 1 aliphatic rings. The lowest BCUT2D eigenvalue weighted by atomic mass is 10.0. The Balaban J connectivity index is 1.51. The third-order valence-electron chi connectivity index (χ3n) is 5.14. The van der Waals surface area contributed by atoms with Crippen molar-refractivity contribution >= 4 is 16.8 Å². The fourth-order valence-corrected chi connectivity index (χ4v) is 3.88. The summed E-state index contributed by atoms with van der Waals surface area (Å²) in [5.41, 5.74) is 2.27. The molecule has 26 heavy (non-hydrogen) atoms. The van der Waals surface area contributed by atoms with Crippen molar-refractivity contribution in [2.45, 2.75) is 38.5 Å². The average molecular weight is 350 g/mol. The van der Waals surface area contributed by atoms with E-state index in [1.807, 2.05) is 48.1 Å². The highest BCUT2D eigenvalue weighted by atomic mass is 16.3. The number of para-hydroxylation sites is 1. The molecule has 2 heterocycles. The fourth-order valence-electron chi connectivity index (χ4n) is 3.88. The number of fused-ring (bicyclic) bond motifs is 1. The zero-order chi connectivity index (χ0) is 18.1. The number of nitrogens with one attached hydrogen (secondary N) is 1. The number of nitrogens with zero attached hydrogens (tertiary/aromatic N) is 3. The summed E-state index contributed by atoms with van der Waals surface area (Å²) in [5.74, 6) is 0.148. The lowest BCUT2D eigenvalue weighted by Crippen LogP contribution is -2.40. The van der Waals surface area contributed by atoms with Crippen LogP contribution in [0.5, 0.6) is 0 Å². The smallest absolute Gasteiger partial charge is 0.252 e. The molecule has 0 aliphatic heterocycles. The van der Waals surface area contributed by atoms with E-state index in [1.165, 1.54) is 0 Å². The van der Waals surface area contributed by atoms with Gasteiger partial charge in [-0.1, -0.05) is 18.2 Å². The summed E-state index contributed by atoms with van der Waals surface area (Å²) in [6.45, 7) is 2.65. The van der Waals surface area contributed by atoms with Crippen LogP contribution in [-0.2, 0) is 6.54 Å². The SMILES string of the molecule is Cc1cnc2ccccc2c1C(=O)N[C@@H]1CC(Cn2cccn2)C[C@H]1O. The van der Waals surface area contributed by atoms with Crippen molar-refractivity contribution in [2.75, 3.05) is 0 Å². The molecule has 6 heteroatoms. The first kappa shape index (κ1) is 16.7. The maximum Gasteiger partial charge on any atom is 0.252 e. The van der Waals surface area contributed by atoms with Gasteiger partial charge in [0, 0.05) is 30.5 Å². The predicted molar refractivity (Wildman–Crippen MR) is 98.7 cm³/mol. The van der Waals surface area contributed by atoms with Gasteiger partial charge in [-0.3, -0.25) is 14.5 Å². The molecule has 2 aromatic heterocycles.